The number of ketones is 1. The number of pyridine rings is 1. The minimum atomic E-state index is 0.205. The molecule has 0 atom stereocenters. The number of rotatable bonds is 8. The zero-order valence-electron chi connectivity index (χ0n) is 14.6. The van der Waals surface area contributed by atoms with E-state index in [2.05, 4.69) is 18.0 Å². The number of nitrogens with zero attached hydrogens (tertiary/aromatic N) is 1. The standard InChI is InChI=1S/C22H23NO2/c1-2-3-4-9-22(24)18-11-14-20(15-12-18)25-16-19-13-10-17-7-5-6-8-21(17)23-19/h5-8,10-15H,2-4,9,16H2,1H3. The van der Waals surface area contributed by atoms with Crippen molar-refractivity contribution in [3.05, 3.63) is 71.9 Å². The van der Waals surface area contributed by atoms with Gasteiger partial charge in [-0.1, -0.05) is 44.0 Å². The molecule has 0 fully saturated rings. The second kappa shape index (κ2) is 8.43. The van der Waals surface area contributed by atoms with Gasteiger partial charge in [-0.15, -0.1) is 0 Å². The monoisotopic (exact) mass is 333 g/mol. The third-order valence-corrected chi connectivity index (χ3v) is 4.23. The molecule has 0 bridgehead atoms. The molecular weight excluding hydrogens is 310 g/mol. The summed E-state index contributed by atoms with van der Waals surface area (Å²) in [5.74, 6) is 0.955. The Morgan fingerprint density at radius 3 is 2.56 bits per heavy atom. The van der Waals surface area contributed by atoms with Crippen LogP contribution in [0.5, 0.6) is 5.75 Å². The van der Waals surface area contributed by atoms with Crippen LogP contribution in [0.1, 0.15) is 48.7 Å². The lowest BCUT2D eigenvalue weighted by Crippen LogP contribution is -2.01. The quantitative estimate of drug-likeness (QED) is 0.399. The second-order valence-electron chi connectivity index (χ2n) is 6.19. The van der Waals surface area contributed by atoms with E-state index < -0.39 is 0 Å². The molecule has 0 amide bonds. The molecule has 0 unspecified atom stereocenters. The van der Waals surface area contributed by atoms with Gasteiger partial charge in [-0.05, 0) is 42.8 Å². The van der Waals surface area contributed by atoms with Crippen molar-refractivity contribution in [3.8, 4) is 5.75 Å². The smallest absolute Gasteiger partial charge is 0.162 e. The maximum atomic E-state index is 12.1. The molecule has 0 saturated heterocycles. The van der Waals surface area contributed by atoms with Gasteiger partial charge < -0.3 is 4.74 Å². The first kappa shape index (κ1) is 17.2. The molecule has 0 aliphatic rings. The number of hydrogen-bond acceptors (Lipinski definition) is 3. The highest BCUT2D eigenvalue weighted by atomic mass is 16.5. The van der Waals surface area contributed by atoms with Crippen molar-refractivity contribution in [2.45, 2.75) is 39.2 Å². The van der Waals surface area contributed by atoms with Crippen molar-refractivity contribution in [2.75, 3.05) is 0 Å². The van der Waals surface area contributed by atoms with Crippen LogP contribution in [-0.4, -0.2) is 10.8 Å². The summed E-state index contributed by atoms with van der Waals surface area (Å²) in [6.45, 7) is 2.55. The zero-order valence-corrected chi connectivity index (χ0v) is 14.6. The lowest BCUT2D eigenvalue weighted by atomic mass is 10.0. The Hall–Kier alpha value is -2.68. The highest BCUT2D eigenvalue weighted by molar-refractivity contribution is 5.96. The summed E-state index contributed by atoms with van der Waals surface area (Å²) >= 11 is 0. The van der Waals surface area contributed by atoms with Crippen molar-refractivity contribution < 1.29 is 9.53 Å². The Morgan fingerprint density at radius 1 is 0.960 bits per heavy atom. The Bertz CT molecular complexity index is 840. The van der Waals surface area contributed by atoms with Crippen molar-refractivity contribution >= 4 is 16.7 Å². The van der Waals surface area contributed by atoms with E-state index in [4.69, 9.17) is 4.74 Å². The molecule has 2 aromatic carbocycles. The van der Waals surface area contributed by atoms with Gasteiger partial charge in [0, 0.05) is 17.4 Å². The highest BCUT2D eigenvalue weighted by Crippen LogP contribution is 2.17. The van der Waals surface area contributed by atoms with Gasteiger partial charge in [-0.25, -0.2) is 4.98 Å². The van der Waals surface area contributed by atoms with E-state index in [-0.39, 0.29) is 5.78 Å². The SMILES string of the molecule is CCCCCC(=O)c1ccc(OCc2ccc3ccccc3n2)cc1. The molecule has 1 aromatic heterocycles. The fourth-order valence-electron chi connectivity index (χ4n) is 2.76. The van der Waals surface area contributed by atoms with Crippen molar-refractivity contribution in [3.63, 3.8) is 0 Å². The zero-order chi connectivity index (χ0) is 17.5. The van der Waals surface area contributed by atoms with Crippen LogP contribution in [0, 0.1) is 0 Å². The molecule has 128 valence electrons. The summed E-state index contributed by atoms with van der Waals surface area (Å²) in [5.41, 5.74) is 2.61. The summed E-state index contributed by atoms with van der Waals surface area (Å²) in [5, 5.41) is 1.12. The number of para-hydroxylation sites is 1. The Labute approximate surface area is 148 Å². The van der Waals surface area contributed by atoms with E-state index in [0.29, 0.717) is 13.0 Å². The summed E-state index contributed by atoms with van der Waals surface area (Å²) in [6, 6.07) is 19.5. The number of carbonyl (C=O) groups is 1. The number of ether oxygens (including phenoxy) is 1. The van der Waals surface area contributed by atoms with Crippen molar-refractivity contribution in [1.82, 2.24) is 4.98 Å². The van der Waals surface area contributed by atoms with Crippen LogP contribution in [0.2, 0.25) is 0 Å². The van der Waals surface area contributed by atoms with Gasteiger partial charge in [-0.3, -0.25) is 4.79 Å². The number of fused-ring (bicyclic) bond motifs is 1. The average molecular weight is 333 g/mol. The van der Waals surface area contributed by atoms with Gasteiger partial charge in [-0.2, -0.15) is 0 Å². The summed E-state index contributed by atoms with van der Waals surface area (Å²) < 4.78 is 5.80. The third-order valence-electron chi connectivity index (χ3n) is 4.23. The van der Waals surface area contributed by atoms with Crippen LogP contribution in [0.3, 0.4) is 0 Å². The van der Waals surface area contributed by atoms with Crippen LogP contribution >= 0.6 is 0 Å². The number of carbonyl (C=O) groups excluding carboxylic acids is 1. The normalized spacial score (nSPS) is 10.8. The van der Waals surface area contributed by atoms with Gasteiger partial charge in [0.2, 0.25) is 0 Å². The predicted octanol–water partition coefficient (Wildman–Crippen LogP) is 5.58. The molecule has 0 saturated carbocycles. The largest absolute Gasteiger partial charge is 0.487 e. The van der Waals surface area contributed by atoms with Crippen molar-refractivity contribution in [1.29, 1.82) is 0 Å². The van der Waals surface area contributed by atoms with Gasteiger partial charge in [0.25, 0.3) is 0 Å². The van der Waals surface area contributed by atoms with Gasteiger partial charge in [0.05, 0.1) is 11.2 Å². The number of Topliss-reactive ketones (excluding diaryl/α,β-unsaturated/α-hetero) is 1. The van der Waals surface area contributed by atoms with Gasteiger partial charge in [0.15, 0.2) is 5.78 Å². The molecule has 1 heterocycles. The average Bonchev–Trinajstić information content (AvgIpc) is 2.66. The molecular formula is C22H23NO2. The number of benzene rings is 2. The maximum absolute atomic E-state index is 12.1. The fourth-order valence-corrected chi connectivity index (χ4v) is 2.76. The molecule has 3 nitrogen and oxygen atoms in total. The number of aromatic nitrogens is 1. The van der Waals surface area contributed by atoms with E-state index in [1.165, 1.54) is 0 Å². The Kier molecular flexibility index (Phi) is 5.78. The fraction of sp³-hybridized carbons (Fsp3) is 0.273. The molecule has 0 aliphatic heterocycles. The molecule has 0 N–H and O–H groups in total. The minimum Gasteiger partial charge on any atom is -0.487 e. The molecule has 3 heteroatoms. The first-order chi connectivity index (χ1) is 12.3. The van der Waals surface area contributed by atoms with E-state index in [9.17, 15) is 4.79 Å². The molecule has 3 rings (SSSR count). The minimum absolute atomic E-state index is 0.205. The molecule has 0 aliphatic carbocycles. The first-order valence-corrected chi connectivity index (χ1v) is 8.87. The molecule has 0 spiro atoms. The molecule has 25 heavy (non-hydrogen) atoms. The van der Waals surface area contributed by atoms with E-state index >= 15 is 0 Å². The molecule has 0 radical (unpaired) electrons. The predicted molar refractivity (Wildman–Crippen MR) is 101 cm³/mol. The van der Waals surface area contributed by atoms with Gasteiger partial charge >= 0.3 is 0 Å². The van der Waals surface area contributed by atoms with E-state index in [1.54, 1.807) is 0 Å². The third kappa shape index (κ3) is 4.66. The Balaban J connectivity index is 1.58. The van der Waals surface area contributed by atoms with Crippen molar-refractivity contribution in [2.24, 2.45) is 0 Å². The van der Waals surface area contributed by atoms with Gasteiger partial charge in [0.1, 0.15) is 12.4 Å². The maximum Gasteiger partial charge on any atom is 0.162 e. The summed E-state index contributed by atoms with van der Waals surface area (Å²) in [6.07, 6.45) is 3.81. The van der Waals surface area contributed by atoms with Crippen LogP contribution in [-0.2, 0) is 6.61 Å². The van der Waals surface area contributed by atoms with Crippen LogP contribution in [0.25, 0.3) is 10.9 Å². The van der Waals surface area contributed by atoms with Crippen LogP contribution < -0.4 is 4.74 Å². The highest BCUT2D eigenvalue weighted by Gasteiger charge is 2.06. The van der Waals surface area contributed by atoms with E-state index in [1.807, 2.05) is 54.6 Å². The summed E-state index contributed by atoms with van der Waals surface area (Å²) in [7, 11) is 0. The lowest BCUT2D eigenvalue weighted by molar-refractivity contribution is 0.0979. The van der Waals surface area contributed by atoms with E-state index in [0.717, 1.165) is 47.2 Å². The first-order valence-electron chi connectivity index (χ1n) is 8.87. The Morgan fingerprint density at radius 2 is 1.76 bits per heavy atom. The molecule has 3 aromatic rings. The topological polar surface area (TPSA) is 39.2 Å². The number of hydrogen-bond donors (Lipinski definition) is 0. The lowest BCUT2D eigenvalue weighted by Gasteiger charge is -2.07. The number of unbranched alkanes of at least 4 members (excludes halogenated alkanes) is 2. The summed E-state index contributed by atoms with van der Waals surface area (Å²) in [4.78, 5) is 16.7. The second-order valence-corrected chi connectivity index (χ2v) is 6.19. The van der Waals surface area contributed by atoms with Crippen LogP contribution in [0.4, 0.5) is 0 Å². The van der Waals surface area contributed by atoms with Crippen LogP contribution in [0.15, 0.2) is 60.7 Å².